The Morgan fingerprint density at radius 1 is 1.32 bits per heavy atom. The number of nitrogens with zero attached hydrogens (tertiary/aromatic N) is 2. The normalized spacial score (nSPS) is 10.7. The molecule has 0 spiro atoms. The van der Waals surface area contributed by atoms with E-state index < -0.39 is 0 Å². The van der Waals surface area contributed by atoms with Crippen LogP contribution in [0.3, 0.4) is 0 Å². The van der Waals surface area contributed by atoms with Crippen LogP contribution >= 0.6 is 11.3 Å². The third kappa shape index (κ3) is 4.54. The van der Waals surface area contributed by atoms with Gasteiger partial charge >= 0.3 is 0 Å². The largest absolute Gasteiger partial charge is 0.494 e. The van der Waals surface area contributed by atoms with Gasteiger partial charge in [-0.2, -0.15) is 0 Å². The molecule has 0 aliphatic carbocycles. The molecule has 1 aromatic heterocycles. The van der Waals surface area contributed by atoms with E-state index in [1.54, 1.807) is 5.38 Å². The number of carbonyl (C=O) groups is 1. The predicted octanol–water partition coefficient (Wildman–Crippen LogP) is 2.50. The molecule has 0 radical (unpaired) electrons. The summed E-state index contributed by atoms with van der Waals surface area (Å²) >= 11 is 1.47. The fourth-order valence-electron chi connectivity index (χ4n) is 1.85. The Labute approximate surface area is 134 Å². The summed E-state index contributed by atoms with van der Waals surface area (Å²) in [6.45, 7) is 4.02. The lowest BCUT2D eigenvalue weighted by Gasteiger charge is -2.09. The molecule has 2 aromatic rings. The monoisotopic (exact) mass is 319 g/mol. The topological polar surface area (TPSA) is 54.5 Å². The lowest BCUT2D eigenvalue weighted by molar-refractivity contribution is 0.0947. The van der Waals surface area contributed by atoms with Crippen LogP contribution in [0.15, 0.2) is 29.6 Å². The lowest BCUT2D eigenvalue weighted by Crippen LogP contribution is -2.31. The highest BCUT2D eigenvalue weighted by atomic mass is 32.1. The second-order valence-corrected chi connectivity index (χ2v) is 5.91. The molecule has 0 atom stereocenters. The van der Waals surface area contributed by atoms with Gasteiger partial charge in [0.05, 0.1) is 6.61 Å². The number of ether oxygens (including phenoxy) is 1. The molecule has 1 heterocycles. The molecule has 118 valence electrons. The molecular weight excluding hydrogens is 298 g/mol. The van der Waals surface area contributed by atoms with Crippen LogP contribution in [0.1, 0.15) is 17.4 Å². The highest BCUT2D eigenvalue weighted by Crippen LogP contribution is 2.25. The Hall–Kier alpha value is -1.92. The Bertz CT molecular complexity index is 608. The highest BCUT2D eigenvalue weighted by Gasteiger charge is 2.11. The maximum absolute atomic E-state index is 12.0. The van der Waals surface area contributed by atoms with Gasteiger partial charge in [0.2, 0.25) is 0 Å². The summed E-state index contributed by atoms with van der Waals surface area (Å²) < 4.78 is 5.42. The van der Waals surface area contributed by atoms with E-state index >= 15 is 0 Å². The van der Waals surface area contributed by atoms with Gasteiger partial charge in [0.25, 0.3) is 5.91 Å². The van der Waals surface area contributed by atoms with Gasteiger partial charge in [0.15, 0.2) is 0 Å². The van der Waals surface area contributed by atoms with Gasteiger partial charge in [-0.1, -0.05) is 0 Å². The molecule has 1 aromatic carbocycles. The maximum atomic E-state index is 12.0. The van der Waals surface area contributed by atoms with Gasteiger partial charge in [-0.3, -0.25) is 4.79 Å². The Balaban J connectivity index is 1.99. The zero-order valence-corrected chi connectivity index (χ0v) is 13.9. The molecule has 5 nitrogen and oxygen atoms in total. The second kappa shape index (κ2) is 7.91. The number of carbonyl (C=O) groups excluding carboxylic acids is 1. The molecule has 0 aliphatic heterocycles. The number of nitrogens with one attached hydrogen (secondary N) is 1. The van der Waals surface area contributed by atoms with Crippen LogP contribution in [0.4, 0.5) is 0 Å². The van der Waals surface area contributed by atoms with E-state index in [2.05, 4.69) is 10.3 Å². The van der Waals surface area contributed by atoms with Crippen molar-refractivity contribution in [3.63, 3.8) is 0 Å². The number of rotatable bonds is 7. The van der Waals surface area contributed by atoms with E-state index in [4.69, 9.17) is 4.74 Å². The number of amides is 1. The summed E-state index contributed by atoms with van der Waals surface area (Å²) in [5.74, 6) is 0.708. The number of thiazole rings is 1. The summed E-state index contributed by atoms with van der Waals surface area (Å²) in [6, 6.07) is 7.74. The predicted molar refractivity (Wildman–Crippen MR) is 89.6 cm³/mol. The van der Waals surface area contributed by atoms with Gasteiger partial charge in [0.1, 0.15) is 16.5 Å². The Morgan fingerprint density at radius 3 is 2.68 bits per heavy atom. The van der Waals surface area contributed by atoms with Crippen molar-refractivity contribution < 1.29 is 9.53 Å². The summed E-state index contributed by atoms with van der Waals surface area (Å²) in [6.07, 6.45) is 0. The number of likely N-dealkylation sites (N-methyl/N-ethyl adjacent to an activating group) is 1. The third-order valence-corrected chi connectivity index (χ3v) is 3.89. The first-order valence-electron chi connectivity index (χ1n) is 7.22. The number of benzene rings is 1. The van der Waals surface area contributed by atoms with Gasteiger partial charge in [-0.25, -0.2) is 4.98 Å². The average molecular weight is 319 g/mol. The average Bonchev–Trinajstić information content (AvgIpc) is 2.98. The van der Waals surface area contributed by atoms with Crippen LogP contribution in [0.5, 0.6) is 5.75 Å². The van der Waals surface area contributed by atoms with Crippen molar-refractivity contribution in [1.82, 2.24) is 15.2 Å². The van der Waals surface area contributed by atoms with Crippen LogP contribution in [0.2, 0.25) is 0 Å². The second-order valence-electron chi connectivity index (χ2n) is 5.05. The van der Waals surface area contributed by atoms with Crippen molar-refractivity contribution in [2.24, 2.45) is 0 Å². The number of aromatic nitrogens is 1. The van der Waals surface area contributed by atoms with Crippen LogP contribution < -0.4 is 10.1 Å². The van der Waals surface area contributed by atoms with Crippen LogP contribution in [-0.2, 0) is 0 Å². The Morgan fingerprint density at radius 2 is 2.05 bits per heavy atom. The molecule has 22 heavy (non-hydrogen) atoms. The van der Waals surface area contributed by atoms with Crippen molar-refractivity contribution in [2.45, 2.75) is 6.92 Å². The van der Waals surface area contributed by atoms with E-state index in [1.807, 2.05) is 50.2 Å². The van der Waals surface area contributed by atoms with E-state index in [0.717, 1.165) is 22.9 Å². The standard InChI is InChI=1S/C16H21N3O2S/c1-4-21-13-7-5-12(6-8-13)16-18-14(11-22-16)15(20)17-9-10-19(2)3/h5-8,11H,4,9-10H2,1-3H3,(H,17,20). The lowest BCUT2D eigenvalue weighted by atomic mass is 10.2. The molecule has 1 N–H and O–H groups in total. The fourth-order valence-corrected chi connectivity index (χ4v) is 2.66. The molecule has 6 heteroatoms. The third-order valence-electron chi connectivity index (χ3n) is 2.99. The van der Waals surface area contributed by atoms with Crippen molar-refractivity contribution >= 4 is 17.2 Å². The molecule has 0 saturated heterocycles. The first-order chi connectivity index (χ1) is 10.6. The van der Waals surface area contributed by atoms with Gasteiger partial charge in [-0.05, 0) is 45.3 Å². The van der Waals surface area contributed by atoms with Crippen LogP contribution in [0, 0.1) is 0 Å². The van der Waals surface area contributed by atoms with E-state index in [1.165, 1.54) is 11.3 Å². The zero-order chi connectivity index (χ0) is 15.9. The SMILES string of the molecule is CCOc1ccc(-c2nc(C(=O)NCCN(C)C)cs2)cc1. The van der Waals surface area contributed by atoms with Crippen molar-refractivity contribution in [1.29, 1.82) is 0 Å². The van der Waals surface area contributed by atoms with Crippen molar-refractivity contribution in [3.05, 3.63) is 35.3 Å². The summed E-state index contributed by atoms with van der Waals surface area (Å²) in [7, 11) is 3.94. The quantitative estimate of drug-likeness (QED) is 0.852. The number of hydrogen-bond donors (Lipinski definition) is 1. The van der Waals surface area contributed by atoms with Crippen molar-refractivity contribution in [2.75, 3.05) is 33.8 Å². The van der Waals surface area contributed by atoms with Crippen molar-refractivity contribution in [3.8, 4) is 16.3 Å². The first kappa shape index (κ1) is 16.5. The maximum Gasteiger partial charge on any atom is 0.270 e. The molecule has 0 saturated carbocycles. The molecule has 0 bridgehead atoms. The highest BCUT2D eigenvalue weighted by molar-refractivity contribution is 7.13. The number of hydrogen-bond acceptors (Lipinski definition) is 5. The summed E-state index contributed by atoms with van der Waals surface area (Å²) in [5, 5.41) is 5.49. The molecule has 0 fully saturated rings. The minimum atomic E-state index is -0.129. The van der Waals surface area contributed by atoms with E-state index in [-0.39, 0.29) is 5.91 Å². The summed E-state index contributed by atoms with van der Waals surface area (Å²) in [4.78, 5) is 18.4. The molecule has 2 rings (SSSR count). The minimum Gasteiger partial charge on any atom is -0.494 e. The molecule has 0 unspecified atom stereocenters. The first-order valence-corrected chi connectivity index (χ1v) is 8.09. The molecular formula is C16H21N3O2S. The van der Waals surface area contributed by atoms with Gasteiger partial charge in [0, 0.05) is 24.0 Å². The van der Waals surface area contributed by atoms with Gasteiger partial charge < -0.3 is 15.0 Å². The van der Waals surface area contributed by atoms with Crippen LogP contribution in [0.25, 0.3) is 10.6 Å². The zero-order valence-electron chi connectivity index (χ0n) is 13.1. The Kier molecular flexibility index (Phi) is 5.91. The fraction of sp³-hybridized carbons (Fsp3) is 0.375. The summed E-state index contributed by atoms with van der Waals surface area (Å²) in [5.41, 5.74) is 1.45. The van der Waals surface area contributed by atoms with E-state index in [9.17, 15) is 4.79 Å². The smallest absolute Gasteiger partial charge is 0.270 e. The minimum absolute atomic E-state index is 0.129. The van der Waals surface area contributed by atoms with E-state index in [0.29, 0.717) is 18.8 Å². The van der Waals surface area contributed by atoms with Crippen LogP contribution in [-0.4, -0.2) is 49.6 Å². The molecule has 1 amide bonds. The van der Waals surface area contributed by atoms with Gasteiger partial charge in [-0.15, -0.1) is 11.3 Å². The molecule has 0 aliphatic rings.